The number of hydrogen-bond acceptors (Lipinski definition) is 2. The molecule has 0 saturated carbocycles. The second-order valence-corrected chi connectivity index (χ2v) is 30.0. The average molecular weight is 801 g/mol. The molecule has 0 heterocycles. The Morgan fingerprint density at radius 3 is 1.29 bits per heavy atom. The van der Waals surface area contributed by atoms with Crippen LogP contribution >= 0.6 is 0 Å². The Hall–Kier alpha value is -5.69. The van der Waals surface area contributed by atoms with Crippen molar-refractivity contribution in [3.05, 3.63) is 191 Å². The topological polar surface area (TPSA) is 6.48 Å². The molecule has 9 rings (SSSR count). The van der Waals surface area contributed by atoms with Crippen LogP contribution in [-0.4, -0.2) is 16.1 Å². The molecular formula is C55H56N2Si2. The normalized spacial score (nSPS) is 13.4. The maximum absolute atomic E-state index is 2.64. The molecule has 0 spiro atoms. The van der Waals surface area contributed by atoms with Crippen LogP contribution in [0.4, 0.5) is 34.1 Å². The van der Waals surface area contributed by atoms with E-state index in [1.165, 1.54) is 88.9 Å². The van der Waals surface area contributed by atoms with Crippen molar-refractivity contribution >= 4 is 71.8 Å². The van der Waals surface area contributed by atoms with Crippen LogP contribution in [0, 0.1) is 27.7 Å². The second kappa shape index (κ2) is 14.3. The monoisotopic (exact) mass is 800 g/mol. The number of hydrogen-bond donors (Lipinski definition) is 0. The Bertz CT molecular complexity index is 2850. The molecule has 59 heavy (non-hydrogen) atoms. The van der Waals surface area contributed by atoms with Crippen molar-refractivity contribution in [2.45, 2.75) is 71.6 Å². The van der Waals surface area contributed by atoms with Crippen molar-refractivity contribution in [2.75, 3.05) is 9.80 Å². The fourth-order valence-electron chi connectivity index (χ4n) is 11.2. The van der Waals surface area contributed by atoms with Gasteiger partial charge in [0.05, 0.1) is 16.1 Å². The minimum atomic E-state index is -2.07. The first-order valence-corrected chi connectivity index (χ1v) is 28.2. The van der Waals surface area contributed by atoms with Gasteiger partial charge in [-0.25, -0.2) is 0 Å². The van der Waals surface area contributed by atoms with Crippen LogP contribution in [0.25, 0.3) is 32.7 Å². The van der Waals surface area contributed by atoms with Gasteiger partial charge >= 0.3 is 0 Å². The average Bonchev–Trinajstić information content (AvgIpc) is 3.51. The quantitative estimate of drug-likeness (QED) is 0.112. The highest BCUT2D eigenvalue weighted by Gasteiger charge is 2.60. The molecule has 0 N–H and O–H groups in total. The van der Waals surface area contributed by atoms with Crippen LogP contribution in [0.1, 0.15) is 33.4 Å². The predicted molar refractivity (Wildman–Crippen MR) is 263 cm³/mol. The van der Waals surface area contributed by atoms with Crippen LogP contribution in [0.15, 0.2) is 158 Å². The molecule has 4 heteroatoms. The lowest BCUT2D eigenvalue weighted by Crippen LogP contribution is -2.63. The Morgan fingerprint density at radius 2 is 0.797 bits per heavy atom. The molecule has 1 aliphatic rings. The number of nitrogens with zero attached hydrogens (tertiary/aromatic N) is 2. The Kier molecular flexibility index (Phi) is 9.37. The van der Waals surface area contributed by atoms with Gasteiger partial charge in [-0.1, -0.05) is 124 Å². The smallest absolute Gasteiger partial charge is 0.0579 e. The first kappa shape index (κ1) is 38.8. The van der Waals surface area contributed by atoms with Crippen LogP contribution in [-0.2, 0) is 4.66 Å². The summed E-state index contributed by atoms with van der Waals surface area (Å²) in [6.07, 6.45) is 0. The van der Waals surface area contributed by atoms with Crippen LogP contribution < -0.4 is 9.80 Å². The largest absolute Gasteiger partial charge is 0.310 e. The fourth-order valence-corrected chi connectivity index (χ4v) is 24.3. The minimum absolute atomic E-state index is 0.0812. The molecule has 8 aromatic rings. The number of rotatable bonds is 8. The van der Waals surface area contributed by atoms with Crippen LogP contribution in [0.2, 0.25) is 39.3 Å². The highest BCUT2D eigenvalue weighted by atomic mass is 28.4. The van der Waals surface area contributed by atoms with E-state index in [-0.39, 0.29) is 4.66 Å². The standard InChI is InChI=1S/C55H56N2Si2/c1-37-29-38(2)32-45(31-37)56(41-19-13-11-14-20-41)43-25-27-49-51(35-43)47-23-17-18-24-48(47)53-50-28-26-44(36-52(50)55(54(49)53,58(5,6)7)59(8,9)10)57(42-21-15-12-16-22-42)46-33-39(3)30-40(4)34-46/h11-36H,1-10H3. The van der Waals surface area contributed by atoms with E-state index in [0.717, 1.165) is 5.69 Å². The molecule has 294 valence electrons. The number of aryl methyl sites for hydroxylation is 4. The maximum Gasteiger partial charge on any atom is 0.0579 e. The SMILES string of the molecule is Cc1cc(C)cc(N(c2ccccc2)c2ccc3c(c2)C([Si](C)(C)C)([Si](C)(C)C)c2c-3c3ccccc3c3cc(N(c4ccccc4)c4cc(C)cc(C)c4)ccc23)c1. The van der Waals surface area contributed by atoms with Gasteiger partial charge in [0.15, 0.2) is 0 Å². The van der Waals surface area contributed by atoms with Crippen molar-refractivity contribution in [3.8, 4) is 11.1 Å². The molecule has 8 aromatic carbocycles. The molecule has 0 fully saturated rings. The summed E-state index contributed by atoms with van der Waals surface area (Å²) in [7, 11) is -4.14. The summed E-state index contributed by atoms with van der Waals surface area (Å²) in [4.78, 5) is 4.92. The van der Waals surface area contributed by atoms with E-state index < -0.39 is 16.1 Å². The zero-order valence-corrected chi connectivity index (χ0v) is 38.4. The van der Waals surface area contributed by atoms with Gasteiger partial charge in [0, 0.05) is 38.8 Å². The van der Waals surface area contributed by atoms with E-state index in [1.807, 2.05) is 0 Å². The lowest BCUT2D eigenvalue weighted by atomic mass is 9.91. The summed E-state index contributed by atoms with van der Waals surface area (Å²) in [6, 6.07) is 59.7. The molecule has 0 amide bonds. The van der Waals surface area contributed by atoms with Gasteiger partial charge in [0.1, 0.15) is 0 Å². The second-order valence-electron chi connectivity index (χ2n) is 19.0. The van der Waals surface area contributed by atoms with Gasteiger partial charge in [-0.15, -0.1) is 0 Å². The third kappa shape index (κ3) is 6.27. The number of benzene rings is 8. The Balaban J connectivity index is 1.37. The van der Waals surface area contributed by atoms with E-state index in [4.69, 9.17) is 0 Å². The van der Waals surface area contributed by atoms with Gasteiger partial charge in [-0.2, -0.15) is 0 Å². The zero-order chi connectivity index (χ0) is 41.4. The summed E-state index contributed by atoms with van der Waals surface area (Å²) in [5, 5.41) is 5.39. The van der Waals surface area contributed by atoms with Crippen molar-refractivity contribution in [2.24, 2.45) is 0 Å². The van der Waals surface area contributed by atoms with Crippen LogP contribution in [0.3, 0.4) is 0 Å². The summed E-state index contributed by atoms with van der Waals surface area (Å²) in [6.45, 7) is 24.7. The summed E-state index contributed by atoms with van der Waals surface area (Å²) < 4.78 is -0.0812. The Labute approximate surface area is 353 Å². The van der Waals surface area contributed by atoms with E-state index in [0.29, 0.717) is 0 Å². The van der Waals surface area contributed by atoms with Crippen molar-refractivity contribution in [3.63, 3.8) is 0 Å². The molecule has 0 aromatic heterocycles. The number of fused-ring (bicyclic) bond motifs is 8. The maximum atomic E-state index is 2.64. The molecule has 0 atom stereocenters. The molecular weight excluding hydrogens is 745 g/mol. The first-order chi connectivity index (χ1) is 28.2. The molecule has 0 saturated heterocycles. The molecule has 0 aliphatic heterocycles. The molecule has 0 bridgehead atoms. The highest BCUT2D eigenvalue weighted by Crippen LogP contribution is 2.62. The fraction of sp³-hybridized carbons (Fsp3) is 0.200. The van der Waals surface area contributed by atoms with Crippen molar-refractivity contribution in [1.82, 2.24) is 0 Å². The van der Waals surface area contributed by atoms with Gasteiger partial charge in [-0.3, -0.25) is 0 Å². The van der Waals surface area contributed by atoms with Gasteiger partial charge in [-0.05, 0) is 167 Å². The van der Waals surface area contributed by atoms with Gasteiger partial charge in [0.2, 0.25) is 0 Å². The van der Waals surface area contributed by atoms with E-state index in [9.17, 15) is 0 Å². The van der Waals surface area contributed by atoms with Gasteiger partial charge < -0.3 is 9.80 Å². The number of para-hydroxylation sites is 2. The number of anilines is 6. The van der Waals surface area contributed by atoms with E-state index in [2.05, 4.69) is 235 Å². The van der Waals surface area contributed by atoms with Crippen LogP contribution in [0.5, 0.6) is 0 Å². The third-order valence-corrected chi connectivity index (χ3v) is 22.8. The lowest BCUT2D eigenvalue weighted by molar-refractivity contribution is 0.962. The van der Waals surface area contributed by atoms with Gasteiger partial charge in [0.25, 0.3) is 0 Å². The van der Waals surface area contributed by atoms with E-state index >= 15 is 0 Å². The third-order valence-electron chi connectivity index (χ3n) is 12.8. The van der Waals surface area contributed by atoms with Crippen molar-refractivity contribution in [1.29, 1.82) is 0 Å². The zero-order valence-electron chi connectivity index (χ0n) is 36.4. The molecule has 0 radical (unpaired) electrons. The Morgan fingerprint density at radius 1 is 0.356 bits per heavy atom. The molecule has 1 aliphatic carbocycles. The lowest BCUT2D eigenvalue weighted by Gasteiger charge is -2.52. The minimum Gasteiger partial charge on any atom is -0.310 e. The molecule has 0 unspecified atom stereocenters. The summed E-state index contributed by atoms with van der Waals surface area (Å²) in [5.41, 5.74) is 18.1. The van der Waals surface area contributed by atoms with Crippen molar-refractivity contribution < 1.29 is 0 Å². The predicted octanol–water partition coefficient (Wildman–Crippen LogP) is 16.2. The highest BCUT2D eigenvalue weighted by molar-refractivity contribution is 7.00. The summed E-state index contributed by atoms with van der Waals surface area (Å²) in [5.74, 6) is 0. The van der Waals surface area contributed by atoms with E-state index in [1.54, 1.807) is 5.56 Å². The molecule has 2 nitrogen and oxygen atoms in total. The summed E-state index contributed by atoms with van der Waals surface area (Å²) >= 11 is 0. The first-order valence-electron chi connectivity index (χ1n) is 21.2.